The van der Waals surface area contributed by atoms with Crippen molar-refractivity contribution in [2.45, 2.75) is 18.7 Å². The highest BCUT2D eigenvalue weighted by Crippen LogP contribution is 2.29. The van der Waals surface area contributed by atoms with E-state index in [1.165, 1.54) is 24.3 Å². The topological polar surface area (TPSA) is 84.0 Å². The summed E-state index contributed by atoms with van der Waals surface area (Å²) in [7, 11) is -3.93. The van der Waals surface area contributed by atoms with Crippen LogP contribution in [0.5, 0.6) is 0 Å². The summed E-state index contributed by atoms with van der Waals surface area (Å²) < 4.78 is 42.1. The van der Waals surface area contributed by atoms with Gasteiger partial charge in [0.25, 0.3) is 10.0 Å². The van der Waals surface area contributed by atoms with E-state index in [1.54, 1.807) is 36.4 Å². The van der Waals surface area contributed by atoms with Crippen molar-refractivity contribution in [2.24, 2.45) is 0 Å². The fourth-order valence-corrected chi connectivity index (χ4v) is 4.21. The number of benzene rings is 3. The van der Waals surface area contributed by atoms with Gasteiger partial charge in [-0.25, -0.2) is 22.8 Å². The largest absolute Gasteiger partial charge is 0.337 e. The Hall–Kier alpha value is -3.23. The van der Waals surface area contributed by atoms with Crippen LogP contribution in [0.4, 0.5) is 21.7 Å². The Labute approximate surface area is 184 Å². The Bertz CT molecular complexity index is 1410. The minimum atomic E-state index is -3.93. The fourth-order valence-electron chi connectivity index (χ4n) is 2.94. The van der Waals surface area contributed by atoms with Gasteiger partial charge in [0.05, 0.1) is 21.0 Å². The Morgan fingerprint density at radius 2 is 1.55 bits per heavy atom. The highest BCUT2D eigenvalue weighted by Gasteiger charge is 2.20. The van der Waals surface area contributed by atoms with Gasteiger partial charge in [0.1, 0.15) is 5.82 Å². The van der Waals surface area contributed by atoms with Gasteiger partial charge in [-0.3, -0.25) is 4.72 Å². The number of anilines is 3. The molecular formula is C22H18ClFN4O2S. The number of fused-ring (bicyclic) bond motifs is 1. The maximum atomic E-state index is 13.5. The Balaban J connectivity index is 1.78. The van der Waals surface area contributed by atoms with Crippen molar-refractivity contribution in [3.8, 4) is 0 Å². The fraction of sp³-hybridized carbons (Fsp3) is 0.0909. The quantitative estimate of drug-likeness (QED) is 0.409. The first-order valence-electron chi connectivity index (χ1n) is 9.32. The lowest BCUT2D eigenvalue weighted by Gasteiger charge is -2.14. The zero-order valence-corrected chi connectivity index (χ0v) is 18.2. The zero-order chi connectivity index (χ0) is 22.2. The molecule has 0 atom stereocenters. The molecule has 3 aromatic carbocycles. The van der Waals surface area contributed by atoms with E-state index in [0.717, 1.165) is 11.1 Å². The van der Waals surface area contributed by atoms with Crippen molar-refractivity contribution in [1.82, 2.24) is 9.97 Å². The lowest BCUT2D eigenvalue weighted by atomic mass is 10.1. The molecule has 0 aliphatic carbocycles. The number of para-hydroxylation sites is 2. The van der Waals surface area contributed by atoms with Gasteiger partial charge in [0.15, 0.2) is 11.6 Å². The van der Waals surface area contributed by atoms with Crippen molar-refractivity contribution in [3.05, 3.63) is 82.6 Å². The van der Waals surface area contributed by atoms with Crippen LogP contribution >= 0.6 is 11.6 Å². The van der Waals surface area contributed by atoms with Crippen molar-refractivity contribution in [1.29, 1.82) is 0 Å². The molecule has 0 bridgehead atoms. The number of rotatable bonds is 5. The SMILES string of the molecule is Cc1ccc(S(=O)(=O)Nc2nc3ccccc3nc2Nc2ccc(F)c(Cl)c2)cc1C. The number of nitrogens with zero attached hydrogens (tertiary/aromatic N) is 2. The van der Waals surface area contributed by atoms with Gasteiger partial charge in [-0.15, -0.1) is 0 Å². The number of hydrogen-bond acceptors (Lipinski definition) is 5. The lowest BCUT2D eigenvalue weighted by molar-refractivity contribution is 0.601. The second-order valence-electron chi connectivity index (χ2n) is 7.01. The Kier molecular flexibility index (Phi) is 5.51. The number of sulfonamides is 1. The summed E-state index contributed by atoms with van der Waals surface area (Å²) >= 11 is 5.87. The van der Waals surface area contributed by atoms with Crippen LogP contribution in [0.3, 0.4) is 0 Å². The van der Waals surface area contributed by atoms with Gasteiger partial charge in [0, 0.05) is 5.69 Å². The lowest BCUT2D eigenvalue weighted by Crippen LogP contribution is -2.16. The highest BCUT2D eigenvalue weighted by molar-refractivity contribution is 7.92. The number of nitrogens with one attached hydrogen (secondary N) is 2. The molecule has 0 unspecified atom stereocenters. The average molecular weight is 457 g/mol. The molecule has 2 N–H and O–H groups in total. The van der Waals surface area contributed by atoms with E-state index in [9.17, 15) is 12.8 Å². The first-order valence-corrected chi connectivity index (χ1v) is 11.2. The molecule has 31 heavy (non-hydrogen) atoms. The summed E-state index contributed by atoms with van der Waals surface area (Å²) in [6.45, 7) is 3.75. The molecule has 4 rings (SSSR count). The van der Waals surface area contributed by atoms with Crippen LogP contribution in [0, 0.1) is 19.7 Å². The molecule has 0 fully saturated rings. The molecule has 0 aliphatic rings. The van der Waals surface area contributed by atoms with Crippen LogP contribution in [0.15, 0.2) is 65.6 Å². The van der Waals surface area contributed by atoms with Gasteiger partial charge >= 0.3 is 0 Å². The molecule has 0 saturated heterocycles. The number of aromatic nitrogens is 2. The van der Waals surface area contributed by atoms with Crippen molar-refractivity contribution in [2.75, 3.05) is 10.0 Å². The van der Waals surface area contributed by atoms with Gasteiger partial charge in [-0.1, -0.05) is 29.8 Å². The summed E-state index contributed by atoms with van der Waals surface area (Å²) in [6.07, 6.45) is 0. The molecule has 0 aliphatic heterocycles. The highest BCUT2D eigenvalue weighted by atomic mass is 35.5. The first kappa shape index (κ1) is 21.0. The summed E-state index contributed by atoms with van der Waals surface area (Å²) in [5, 5.41) is 2.90. The number of hydrogen-bond donors (Lipinski definition) is 2. The maximum Gasteiger partial charge on any atom is 0.263 e. The molecule has 0 amide bonds. The van der Waals surface area contributed by atoms with Crippen molar-refractivity contribution >= 4 is 50.0 Å². The number of aryl methyl sites for hydroxylation is 2. The predicted octanol–water partition coefficient (Wildman–Crippen LogP) is 5.58. The van der Waals surface area contributed by atoms with Gasteiger partial charge in [-0.05, 0) is 67.4 Å². The molecule has 1 heterocycles. The van der Waals surface area contributed by atoms with Crippen molar-refractivity contribution in [3.63, 3.8) is 0 Å². The van der Waals surface area contributed by atoms with Crippen molar-refractivity contribution < 1.29 is 12.8 Å². The molecule has 1 aromatic heterocycles. The van der Waals surface area contributed by atoms with Crippen LogP contribution in [-0.2, 0) is 10.0 Å². The summed E-state index contributed by atoms with van der Waals surface area (Å²) in [4.78, 5) is 9.05. The summed E-state index contributed by atoms with van der Waals surface area (Å²) in [6, 6.07) is 16.0. The Morgan fingerprint density at radius 1 is 0.871 bits per heavy atom. The summed E-state index contributed by atoms with van der Waals surface area (Å²) in [5.41, 5.74) is 3.35. The van der Waals surface area contributed by atoms with E-state index >= 15 is 0 Å². The van der Waals surface area contributed by atoms with Gasteiger partial charge in [0.2, 0.25) is 0 Å². The monoisotopic (exact) mass is 456 g/mol. The van der Waals surface area contributed by atoms with E-state index < -0.39 is 15.8 Å². The van der Waals surface area contributed by atoms with E-state index in [-0.39, 0.29) is 21.6 Å². The van der Waals surface area contributed by atoms with Crippen LogP contribution in [0.2, 0.25) is 5.02 Å². The number of halogens is 2. The van der Waals surface area contributed by atoms with Gasteiger partial charge in [-0.2, -0.15) is 0 Å². The second kappa shape index (κ2) is 8.13. The van der Waals surface area contributed by atoms with E-state index in [0.29, 0.717) is 16.7 Å². The predicted molar refractivity (Wildman–Crippen MR) is 121 cm³/mol. The van der Waals surface area contributed by atoms with Crippen LogP contribution < -0.4 is 10.0 Å². The van der Waals surface area contributed by atoms with Crippen LogP contribution in [0.1, 0.15) is 11.1 Å². The van der Waals surface area contributed by atoms with Crippen LogP contribution in [-0.4, -0.2) is 18.4 Å². The standard InChI is InChI=1S/C22H18ClFN4O2S/c1-13-7-9-16(11-14(13)2)31(29,30)28-22-21(25-15-8-10-18(24)17(23)12-15)26-19-5-3-4-6-20(19)27-22/h3-12H,1-2H3,(H,25,26)(H,27,28). The molecule has 4 aromatic rings. The van der Waals surface area contributed by atoms with E-state index in [4.69, 9.17) is 11.6 Å². The third kappa shape index (κ3) is 4.45. The molecular weight excluding hydrogens is 439 g/mol. The normalized spacial score (nSPS) is 11.5. The minimum Gasteiger partial charge on any atom is -0.337 e. The molecule has 9 heteroatoms. The molecule has 0 saturated carbocycles. The summed E-state index contributed by atoms with van der Waals surface area (Å²) in [5.74, 6) is -0.390. The van der Waals surface area contributed by atoms with Crippen LogP contribution in [0.25, 0.3) is 11.0 Å². The molecule has 0 spiro atoms. The maximum absolute atomic E-state index is 13.5. The first-order chi connectivity index (χ1) is 14.7. The zero-order valence-electron chi connectivity index (χ0n) is 16.6. The van der Waals surface area contributed by atoms with E-state index in [2.05, 4.69) is 20.0 Å². The Morgan fingerprint density at radius 3 is 2.19 bits per heavy atom. The average Bonchev–Trinajstić information content (AvgIpc) is 2.73. The smallest absolute Gasteiger partial charge is 0.263 e. The molecule has 0 radical (unpaired) electrons. The third-order valence-corrected chi connectivity index (χ3v) is 6.40. The molecule has 158 valence electrons. The third-order valence-electron chi connectivity index (χ3n) is 4.77. The molecule has 6 nitrogen and oxygen atoms in total. The minimum absolute atomic E-state index is 0.0115. The second-order valence-corrected chi connectivity index (χ2v) is 9.10. The van der Waals surface area contributed by atoms with E-state index in [1.807, 2.05) is 13.8 Å². The van der Waals surface area contributed by atoms with Gasteiger partial charge < -0.3 is 5.32 Å².